The van der Waals surface area contributed by atoms with Gasteiger partial charge in [-0.1, -0.05) is 0 Å². The topological polar surface area (TPSA) is 73.8 Å². The van der Waals surface area contributed by atoms with Crippen LogP contribution in [0.25, 0.3) is 0 Å². The summed E-state index contributed by atoms with van der Waals surface area (Å²) in [7, 11) is 8.27. The first-order chi connectivity index (χ1) is 8.95. The molecule has 1 unspecified atom stereocenters. The van der Waals surface area contributed by atoms with Crippen LogP contribution in [-0.2, 0) is 37.9 Å². The molecule has 8 heteroatoms. The summed E-state index contributed by atoms with van der Waals surface area (Å²) < 4.78 is 42.9. The molecular weight excluding hydrogens is 260 g/mol. The molecule has 1 saturated heterocycles. The quantitative estimate of drug-likeness (QED) is 0.642. The summed E-state index contributed by atoms with van der Waals surface area (Å²) in [6, 6.07) is 0. The molecule has 1 aliphatic heterocycles. The summed E-state index contributed by atoms with van der Waals surface area (Å²) in [5.74, 6) is -5.07. The Hall–Kier alpha value is -0.320. The van der Waals surface area contributed by atoms with Crippen molar-refractivity contribution in [3.05, 3.63) is 0 Å². The smallest absolute Gasteiger partial charge is 0.329 e. The molecule has 0 N–H and O–H groups in total. The van der Waals surface area contributed by atoms with Gasteiger partial charge in [-0.05, 0) is 6.92 Å². The molecule has 114 valence electrons. The second-order valence-corrected chi connectivity index (χ2v) is 3.80. The summed E-state index contributed by atoms with van der Waals surface area (Å²) in [5.41, 5.74) is 0. The lowest BCUT2D eigenvalue weighted by molar-refractivity contribution is -0.642. The number of rotatable bonds is 6. The highest BCUT2D eigenvalue weighted by Crippen LogP contribution is 2.45. The maximum atomic E-state index is 5.70. The average molecular weight is 282 g/mol. The molecule has 1 fully saturated rings. The molecule has 1 heterocycles. The fraction of sp³-hybridized carbons (Fsp3) is 1.00. The van der Waals surface area contributed by atoms with Crippen LogP contribution in [0.5, 0.6) is 0 Å². The Bertz CT molecular complexity index is 282. The van der Waals surface area contributed by atoms with Gasteiger partial charge < -0.3 is 33.2 Å². The van der Waals surface area contributed by atoms with Crippen LogP contribution in [0.3, 0.4) is 0 Å². The van der Waals surface area contributed by atoms with Gasteiger partial charge in [0.05, 0.1) is 0 Å². The second-order valence-electron chi connectivity index (χ2n) is 3.80. The van der Waals surface area contributed by atoms with E-state index in [4.69, 9.17) is 37.9 Å². The number of hydrogen-bond acceptors (Lipinski definition) is 8. The molecule has 0 spiro atoms. The Morgan fingerprint density at radius 2 is 1.11 bits per heavy atom. The Morgan fingerprint density at radius 3 is 1.42 bits per heavy atom. The normalized spacial score (nSPS) is 28.3. The molecule has 0 aliphatic carbocycles. The molecule has 19 heavy (non-hydrogen) atoms. The van der Waals surface area contributed by atoms with E-state index in [1.54, 1.807) is 6.92 Å². The summed E-state index contributed by atoms with van der Waals surface area (Å²) in [6.45, 7) is 1.68. The van der Waals surface area contributed by atoms with Gasteiger partial charge in [0, 0.05) is 42.7 Å². The Morgan fingerprint density at radius 1 is 0.684 bits per heavy atom. The lowest BCUT2D eigenvalue weighted by Gasteiger charge is -2.53. The van der Waals surface area contributed by atoms with Gasteiger partial charge in [-0.3, -0.25) is 4.74 Å². The van der Waals surface area contributed by atoms with Crippen molar-refractivity contribution in [3.8, 4) is 0 Å². The monoisotopic (exact) mass is 282 g/mol. The van der Waals surface area contributed by atoms with Gasteiger partial charge in [0.1, 0.15) is 6.10 Å². The highest BCUT2D eigenvalue weighted by atomic mass is 17.0. The van der Waals surface area contributed by atoms with Gasteiger partial charge in [-0.15, -0.1) is 0 Å². The summed E-state index contributed by atoms with van der Waals surface area (Å²) in [6.07, 6.45) is -0.680. The number of ether oxygens (including phenoxy) is 8. The molecule has 0 saturated carbocycles. The first-order valence-corrected chi connectivity index (χ1v) is 5.64. The molecule has 0 amide bonds. The minimum Gasteiger partial charge on any atom is -0.329 e. The Labute approximate surface area is 112 Å². The third kappa shape index (κ3) is 2.28. The molecule has 1 aliphatic rings. The summed E-state index contributed by atoms with van der Waals surface area (Å²) in [4.78, 5) is 0. The van der Waals surface area contributed by atoms with Gasteiger partial charge in [-0.2, -0.15) is 0 Å². The van der Waals surface area contributed by atoms with Crippen LogP contribution in [0.4, 0.5) is 0 Å². The fourth-order valence-corrected chi connectivity index (χ4v) is 2.05. The minimum absolute atomic E-state index is 0.680. The van der Waals surface area contributed by atoms with Gasteiger partial charge in [0.15, 0.2) is 0 Å². The third-order valence-corrected chi connectivity index (χ3v) is 3.13. The van der Waals surface area contributed by atoms with Crippen LogP contribution in [0, 0.1) is 0 Å². The van der Waals surface area contributed by atoms with E-state index in [9.17, 15) is 0 Å². The van der Waals surface area contributed by atoms with E-state index in [1.807, 2.05) is 0 Å². The van der Waals surface area contributed by atoms with Crippen molar-refractivity contribution < 1.29 is 37.9 Å². The Kier molecular flexibility index (Phi) is 5.27. The molecule has 8 nitrogen and oxygen atoms in total. The van der Waals surface area contributed by atoms with Crippen molar-refractivity contribution in [1.29, 1.82) is 0 Å². The van der Waals surface area contributed by atoms with Crippen molar-refractivity contribution in [2.24, 2.45) is 0 Å². The predicted molar refractivity (Wildman–Crippen MR) is 61.9 cm³/mol. The highest BCUT2D eigenvalue weighted by Gasteiger charge is 2.69. The van der Waals surface area contributed by atoms with E-state index < -0.39 is 24.0 Å². The van der Waals surface area contributed by atoms with Crippen molar-refractivity contribution >= 4 is 0 Å². The average Bonchev–Trinajstić information content (AvgIpc) is 2.47. The van der Waals surface area contributed by atoms with Crippen LogP contribution in [0.1, 0.15) is 6.92 Å². The van der Waals surface area contributed by atoms with Gasteiger partial charge >= 0.3 is 17.9 Å². The molecule has 0 aromatic rings. The van der Waals surface area contributed by atoms with Crippen molar-refractivity contribution in [1.82, 2.24) is 0 Å². The standard InChI is InChI=1S/C11H22O8/c1-8-9(12-2,13-3)19-11(16-6,17-7)10(14-4,15-5)18-8/h8H,1-7H3. The van der Waals surface area contributed by atoms with Gasteiger partial charge in [0.2, 0.25) is 0 Å². The van der Waals surface area contributed by atoms with Crippen LogP contribution < -0.4 is 0 Å². The lowest BCUT2D eigenvalue weighted by Crippen LogP contribution is -2.73. The maximum Gasteiger partial charge on any atom is 0.374 e. The zero-order valence-electron chi connectivity index (χ0n) is 12.3. The first-order valence-electron chi connectivity index (χ1n) is 5.64. The predicted octanol–water partition coefficient (Wildman–Crippen LogP) is 0.262. The molecule has 0 bridgehead atoms. The fourth-order valence-electron chi connectivity index (χ4n) is 2.05. The van der Waals surface area contributed by atoms with E-state index in [1.165, 1.54) is 42.7 Å². The molecule has 1 rings (SSSR count). The molecule has 0 aromatic carbocycles. The van der Waals surface area contributed by atoms with Crippen LogP contribution in [-0.4, -0.2) is 66.7 Å². The molecular formula is C11H22O8. The van der Waals surface area contributed by atoms with Crippen LogP contribution in [0.15, 0.2) is 0 Å². The third-order valence-electron chi connectivity index (χ3n) is 3.13. The minimum atomic E-state index is -1.82. The van der Waals surface area contributed by atoms with Crippen molar-refractivity contribution in [3.63, 3.8) is 0 Å². The van der Waals surface area contributed by atoms with Crippen molar-refractivity contribution in [2.75, 3.05) is 42.7 Å². The SMILES string of the molecule is COC1(OC)OC(OC)(OC)C(OC)(OC)OC1C. The zero-order chi connectivity index (χ0) is 14.7. The Balaban J connectivity index is 3.27. The maximum absolute atomic E-state index is 5.70. The van der Waals surface area contributed by atoms with Crippen molar-refractivity contribution in [2.45, 2.75) is 30.9 Å². The van der Waals surface area contributed by atoms with E-state index in [0.717, 1.165) is 0 Å². The second kappa shape index (κ2) is 5.98. The van der Waals surface area contributed by atoms with Crippen LogP contribution >= 0.6 is 0 Å². The number of methoxy groups -OCH3 is 6. The first kappa shape index (κ1) is 16.7. The lowest BCUT2D eigenvalue weighted by atomic mass is 10.2. The zero-order valence-corrected chi connectivity index (χ0v) is 12.3. The highest BCUT2D eigenvalue weighted by molar-refractivity contribution is 4.84. The molecule has 0 radical (unpaired) electrons. The van der Waals surface area contributed by atoms with Crippen LogP contribution in [0.2, 0.25) is 0 Å². The largest absolute Gasteiger partial charge is 0.374 e. The summed E-state index contributed by atoms with van der Waals surface area (Å²) in [5, 5.41) is 0. The number of hydrogen-bond donors (Lipinski definition) is 0. The molecule has 1 atom stereocenters. The van der Waals surface area contributed by atoms with E-state index in [2.05, 4.69) is 0 Å². The summed E-state index contributed by atoms with van der Waals surface area (Å²) >= 11 is 0. The van der Waals surface area contributed by atoms with E-state index >= 15 is 0 Å². The van der Waals surface area contributed by atoms with E-state index in [-0.39, 0.29) is 0 Å². The molecule has 0 aromatic heterocycles. The van der Waals surface area contributed by atoms with Gasteiger partial charge in [-0.25, -0.2) is 0 Å². The van der Waals surface area contributed by atoms with E-state index in [0.29, 0.717) is 0 Å². The van der Waals surface area contributed by atoms with Gasteiger partial charge in [0.25, 0.3) is 0 Å².